The predicted molar refractivity (Wildman–Crippen MR) is 84.6 cm³/mol. The largest absolute Gasteiger partial charge is 0.386 e. The quantitative estimate of drug-likeness (QED) is 0.718. The Hall–Kier alpha value is -0.740. The van der Waals surface area contributed by atoms with Crippen LogP contribution in [0.25, 0.3) is 0 Å². The van der Waals surface area contributed by atoms with E-state index >= 15 is 0 Å². The van der Waals surface area contributed by atoms with Crippen LogP contribution in [0, 0.1) is 28.6 Å². The Morgan fingerprint density at radius 1 is 0.957 bits per heavy atom. The van der Waals surface area contributed by atoms with Crippen molar-refractivity contribution in [2.75, 3.05) is 0 Å². The van der Waals surface area contributed by atoms with Gasteiger partial charge >= 0.3 is 0 Å². The maximum absolute atomic E-state index is 12.4. The molecule has 4 rings (SSSR count). The van der Waals surface area contributed by atoms with Gasteiger partial charge in [-0.2, -0.15) is 0 Å². The van der Waals surface area contributed by atoms with Crippen LogP contribution in [0.3, 0.4) is 0 Å². The van der Waals surface area contributed by atoms with E-state index in [1.54, 1.807) is 0 Å². The monoisotopic (exact) mass is 320 g/mol. The normalized spacial score (nSPS) is 56.0. The highest BCUT2D eigenvalue weighted by Crippen LogP contribution is 2.66. The second-order valence-corrected chi connectivity index (χ2v) is 9.04. The maximum Gasteiger partial charge on any atom is 0.164 e. The maximum atomic E-state index is 12.4. The van der Waals surface area contributed by atoms with Crippen molar-refractivity contribution in [3.63, 3.8) is 0 Å². The van der Waals surface area contributed by atoms with E-state index in [4.69, 9.17) is 0 Å². The van der Waals surface area contributed by atoms with Crippen LogP contribution < -0.4 is 0 Å². The highest BCUT2D eigenvalue weighted by atomic mass is 16.3. The van der Waals surface area contributed by atoms with Crippen molar-refractivity contribution >= 4 is 11.6 Å². The third kappa shape index (κ3) is 1.74. The molecule has 4 aliphatic rings. The number of aliphatic hydroxyl groups excluding tert-OH is 1. The van der Waals surface area contributed by atoms with E-state index in [1.165, 1.54) is 0 Å². The number of carbonyl (C=O) groups excluding carboxylic acids is 2. The van der Waals surface area contributed by atoms with Crippen LogP contribution in [0.2, 0.25) is 0 Å². The molecule has 4 nitrogen and oxygen atoms in total. The minimum Gasteiger partial charge on any atom is -0.386 e. The first-order valence-electron chi connectivity index (χ1n) is 9.20. The fourth-order valence-corrected chi connectivity index (χ4v) is 6.88. The van der Waals surface area contributed by atoms with Crippen LogP contribution in [0.4, 0.5) is 0 Å². The average molecular weight is 320 g/mol. The Labute approximate surface area is 137 Å². The number of fused-ring (bicyclic) bond motifs is 5. The summed E-state index contributed by atoms with van der Waals surface area (Å²) < 4.78 is 0. The molecular weight excluding hydrogens is 292 g/mol. The number of ketones is 2. The van der Waals surface area contributed by atoms with Gasteiger partial charge in [0.25, 0.3) is 0 Å². The van der Waals surface area contributed by atoms with Gasteiger partial charge in [0.1, 0.15) is 17.5 Å². The highest BCUT2D eigenvalue weighted by Gasteiger charge is 2.67. The van der Waals surface area contributed by atoms with Crippen molar-refractivity contribution in [1.29, 1.82) is 0 Å². The summed E-state index contributed by atoms with van der Waals surface area (Å²) in [5, 5.41) is 21.7. The first-order valence-corrected chi connectivity index (χ1v) is 9.20. The van der Waals surface area contributed by atoms with E-state index in [-0.39, 0.29) is 11.2 Å². The third-order valence-corrected chi connectivity index (χ3v) is 8.46. The minimum absolute atomic E-state index is 0.171. The molecular formula is C19H28O4. The van der Waals surface area contributed by atoms with Crippen molar-refractivity contribution < 1.29 is 19.8 Å². The van der Waals surface area contributed by atoms with Gasteiger partial charge in [-0.05, 0) is 56.3 Å². The predicted octanol–water partition coefficient (Wildman–Crippen LogP) is 2.25. The minimum atomic E-state index is -1.28. The van der Waals surface area contributed by atoms with Gasteiger partial charge in [-0.1, -0.05) is 13.8 Å². The summed E-state index contributed by atoms with van der Waals surface area (Å²) in [6.07, 6.45) is 4.62. The Kier molecular flexibility index (Phi) is 3.20. The standard InChI is InChI=1S/C19H28O4/c1-17-8-6-13-11(12(17)3-4-15(17)21)5-10-19(23)16(22)14(20)7-9-18(13,19)2/h11-13,16,22-23H,3-10H2,1-2H3/t11-,12-,13-,16?,17-,18+,19?/m0/s1. The number of hydrogen-bond donors (Lipinski definition) is 2. The average Bonchev–Trinajstić information content (AvgIpc) is 2.82. The summed E-state index contributed by atoms with van der Waals surface area (Å²) in [6, 6.07) is 0. The Morgan fingerprint density at radius 3 is 2.43 bits per heavy atom. The second-order valence-electron chi connectivity index (χ2n) is 9.04. The summed E-state index contributed by atoms with van der Waals surface area (Å²) in [6.45, 7) is 4.23. The first-order chi connectivity index (χ1) is 10.7. The van der Waals surface area contributed by atoms with Crippen LogP contribution in [-0.4, -0.2) is 33.5 Å². The lowest BCUT2D eigenvalue weighted by molar-refractivity contribution is -0.236. The number of Topliss-reactive ketones (excluding diaryl/α,β-unsaturated/α-hetero) is 2. The lowest BCUT2D eigenvalue weighted by Gasteiger charge is -2.63. The number of carbonyl (C=O) groups is 2. The van der Waals surface area contributed by atoms with E-state index in [0.717, 1.165) is 25.7 Å². The molecule has 4 saturated carbocycles. The molecule has 0 heterocycles. The van der Waals surface area contributed by atoms with Crippen LogP contribution >= 0.6 is 0 Å². The fraction of sp³-hybridized carbons (Fsp3) is 0.895. The van der Waals surface area contributed by atoms with Crippen molar-refractivity contribution in [3.05, 3.63) is 0 Å². The van der Waals surface area contributed by atoms with Crippen LogP contribution in [0.5, 0.6) is 0 Å². The summed E-state index contributed by atoms with van der Waals surface area (Å²) in [4.78, 5) is 24.4. The number of aliphatic hydroxyl groups is 2. The number of rotatable bonds is 0. The smallest absolute Gasteiger partial charge is 0.164 e. The van der Waals surface area contributed by atoms with Crippen molar-refractivity contribution in [3.8, 4) is 0 Å². The van der Waals surface area contributed by atoms with Gasteiger partial charge in [0.2, 0.25) is 0 Å². The van der Waals surface area contributed by atoms with Crippen molar-refractivity contribution in [1.82, 2.24) is 0 Å². The van der Waals surface area contributed by atoms with Crippen molar-refractivity contribution in [2.24, 2.45) is 28.6 Å². The molecule has 4 aliphatic carbocycles. The molecule has 23 heavy (non-hydrogen) atoms. The molecule has 128 valence electrons. The second kappa shape index (κ2) is 4.66. The molecule has 0 bridgehead atoms. The Balaban J connectivity index is 1.72. The van der Waals surface area contributed by atoms with Gasteiger partial charge in [0.05, 0.1) is 0 Å². The third-order valence-electron chi connectivity index (χ3n) is 8.46. The van der Waals surface area contributed by atoms with Gasteiger partial charge in [-0.15, -0.1) is 0 Å². The SMILES string of the molecule is C[C@]12CC[C@H]3[C@@H](CCC4(O)C(O)C(=O)CC[C@]34C)[C@@H]1CCC2=O. The van der Waals surface area contributed by atoms with Gasteiger partial charge < -0.3 is 10.2 Å². The number of hydrogen-bond acceptors (Lipinski definition) is 4. The lowest BCUT2D eigenvalue weighted by Crippen LogP contribution is -2.68. The molecule has 4 heteroatoms. The van der Waals surface area contributed by atoms with Gasteiger partial charge in [0.15, 0.2) is 5.78 Å². The lowest BCUT2D eigenvalue weighted by atomic mass is 9.43. The zero-order valence-corrected chi connectivity index (χ0v) is 14.2. The van der Waals surface area contributed by atoms with Gasteiger partial charge in [-0.25, -0.2) is 0 Å². The zero-order valence-electron chi connectivity index (χ0n) is 14.2. The van der Waals surface area contributed by atoms with Gasteiger partial charge in [0, 0.05) is 23.7 Å². The first kappa shape index (κ1) is 15.8. The summed E-state index contributed by atoms with van der Waals surface area (Å²) in [7, 11) is 0. The molecule has 7 atom stereocenters. The molecule has 2 N–H and O–H groups in total. The van der Waals surface area contributed by atoms with Crippen LogP contribution in [0.1, 0.15) is 65.2 Å². The van der Waals surface area contributed by atoms with Crippen LogP contribution in [-0.2, 0) is 9.59 Å². The zero-order chi connectivity index (χ0) is 16.6. The Morgan fingerprint density at radius 2 is 1.70 bits per heavy atom. The summed E-state index contributed by atoms with van der Waals surface area (Å²) in [5.74, 6) is 1.40. The molecule has 0 aromatic carbocycles. The molecule has 0 aromatic heterocycles. The molecule has 0 radical (unpaired) electrons. The van der Waals surface area contributed by atoms with E-state index in [2.05, 4.69) is 13.8 Å². The molecule has 0 aliphatic heterocycles. The van der Waals surface area contributed by atoms with E-state index in [0.29, 0.717) is 49.2 Å². The topological polar surface area (TPSA) is 74.6 Å². The fourth-order valence-electron chi connectivity index (χ4n) is 6.88. The molecule has 0 saturated heterocycles. The summed E-state index contributed by atoms with van der Waals surface area (Å²) >= 11 is 0. The van der Waals surface area contributed by atoms with E-state index in [9.17, 15) is 19.8 Å². The van der Waals surface area contributed by atoms with E-state index < -0.39 is 17.1 Å². The van der Waals surface area contributed by atoms with Gasteiger partial charge in [-0.3, -0.25) is 9.59 Å². The van der Waals surface area contributed by atoms with E-state index in [1.807, 2.05) is 0 Å². The molecule has 2 unspecified atom stereocenters. The highest BCUT2D eigenvalue weighted by molar-refractivity contribution is 5.87. The Bertz CT molecular complexity index is 572. The van der Waals surface area contributed by atoms with Crippen molar-refractivity contribution in [2.45, 2.75) is 76.9 Å². The molecule has 0 amide bonds. The molecule has 4 fully saturated rings. The molecule has 0 aromatic rings. The van der Waals surface area contributed by atoms with Crippen LogP contribution in [0.15, 0.2) is 0 Å². The summed E-state index contributed by atoms with van der Waals surface area (Å²) in [5.41, 5.74) is -1.86. The molecule has 0 spiro atoms.